The van der Waals surface area contributed by atoms with E-state index in [0.717, 1.165) is 0 Å². The van der Waals surface area contributed by atoms with Crippen LogP contribution in [0.2, 0.25) is 0 Å². The number of esters is 2. The SMILES string of the molecule is O.O=C1O[C@H]([C@@H](O)COP(=O)([O-])[O-])C(O)=C1[O-].O=C1O[C@H]([C@@H](O)COP(=O)([O-])[O-])C(O)=C1[O-].[Mg+2].[Mg+2].[Mg+2]. The molecule has 2 aliphatic heterocycles. The maximum absolute atomic E-state index is 10.7. The van der Waals surface area contributed by atoms with Crippen molar-refractivity contribution in [1.29, 1.82) is 0 Å². The first-order valence-corrected chi connectivity index (χ1v) is 10.7. The molecule has 0 aromatic heterocycles. The van der Waals surface area contributed by atoms with Crippen LogP contribution in [0.3, 0.4) is 0 Å². The monoisotopic (exact) mass is 596 g/mol. The van der Waals surface area contributed by atoms with E-state index in [9.17, 15) is 58.7 Å². The van der Waals surface area contributed by atoms with E-state index in [0.29, 0.717) is 0 Å². The second kappa shape index (κ2) is 17.6. The fourth-order valence-corrected chi connectivity index (χ4v) is 2.62. The number of aliphatic hydroxyl groups excluding tert-OH is 4. The molecule has 0 aromatic carbocycles. The molecule has 6 N–H and O–H groups in total. The smallest absolute Gasteiger partial charge is 0.865 e. The van der Waals surface area contributed by atoms with Gasteiger partial charge < -0.3 is 83.3 Å². The Morgan fingerprint density at radius 3 is 1.17 bits per heavy atom. The van der Waals surface area contributed by atoms with Crippen molar-refractivity contribution in [3.8, 4) is 0 Å². The van der Waals surface area contributed by atoms with Crippen molar-refractivity contribution in [1.82, 2.24) is 0 Å². The van der Waals surface area contributed by atoms with Gasteiger partial charge in [0.05, 0.1) is 28.9 Å². The first-order chi connectivity index (χ1) is 14.4. The average Bonchev–Trinajstić information content (AvgIpc) is 3.08. The van der Waals surface area contributed by atoms with Gasteiger partial charge in [0.25, 0.3) is 0 Å². The Morgan fingerprint density at radius 1 is 0.750 bits per heavy atom. The summed E-state index contributed by atoms with van der Waals surface area (Å²) in [5.41, 5.74) is 0. The zero-order valence-corrected chi connectivity index (χ0v) is 23.8. The van der Waals surface area contributed by atoms with Crippen molar-refractivity contribution in [2.75, 3.05) is 13.2 Å². The van der Waals surface area contributed by atoms with Gasteiger partial charge in [-0.15, -0.1) is 0 Å². The molecular weight excluding hydrogens is 583 g/mol. The summed E-state index contributed by atoms with van der Waals surface area (Å²) >= 11 is 0. The number of ether oxygens (including phenoxy) is 2. The number of cyclic esters (lactones) is 2. The predicted molar refractivity (Wildman–Crippen MR) is 99.1 cm³/mol. The number of rotatable bonds is 8. The minimum Gasteiger partial charge on any atom is -0.865 e. The van der Waals surface area contributed by atoms with E-state index < -0.39 is 88.3 Å². The van der Waals surface area contributed by atoms with E-state index in [1.807, 2.05) is 0 Å². The summed E-state index contributed by atoms with van der Waals surface area (Å²) in [6.45, 7) is -2.06. The summed E-state index contributed by atoms with van der Waals surface area (Å²) in [5, 5.41) is 57.8. The third-order valence-electron chi connectivity index (χ3n) is 3.35. The van der Waals surface area contributed by atoms with Crippen LogP contribution in [0.25, 0.3) is 0 Å². The summed E-state index contributed by atoms with van der Waals surface area (Å²) in [4.78, 5) is 61.5. The number of phosphoric ester groups is 2. The normalized spacial score (nSPS) is 20.8. The number of aliphatic hydroxyl groups is 4. The van der Waals surface area contributed by atoms with Crippen LogP contribution in [-0.2, 0) is 37.2 Å². The van der Waals surface area contributed by atoms with Gasteiger partial charge in [0, 0.05) is 11.5 Å². The van der Waals surface area contributed by atoms with Crippen LogP contribution in [-0.4, -0.2) is 145 Å². The molecule has 19 nitrogen and oxygen atoms in total. The Bertz CT molecular complexity index is 824. The minimum absolute atomic E-state index is 0. The standard InChI is InChI=1S/2C6H9O9P.3Mg.H2O/c2*7-2(1-14-16(11,12)13)5-3(8)4(9)6(10)15-5;;;;/h2*2,5,7-9H,1H2,(H2,11,12,13);;;;1H2/q;;3*+2;/p-6/t2*2-,5+;;;;/m00..../s1. The van der Waals surface area contributed by atoms with Crippen molar-refractivity contribution in [2.45, 2.75) is 24.4 Å². The van der Waals surface area contributed by atoms with Gasteiger partial charge in [-0.1, -0.05) is 0 Å². The van der Waals surface area contributed by atoms with Crippen molar-refractivity contribution < 1.29 is 92.9 Å². The minimum atomic E-state index is -5.29. The fraction of sp³-hybridized carbons (Fsp3) is 0.500. The zero-order chi connectivity index (χ0) is 25.0. The Morgan fingerprint density at radius 2 is 1.00 bits per heavy atom. The number of phosphoric acid groups is 2. The number of hydrogen-bond donors (Lipinski definition) is 4. The number of hydrogen-bond acceptors (Lipinski definition) is 18. The van der Waals surface area contributed by atoms with Gasteiger partial charge >= 0.3 is 81.1 Å². The number of carbonyl (C=O) groups excluding carboxylic acids is 2. The largest absolute Gasteiger partial charge is 2.00 e. The van der Waals surface area contributed by atoms with Crippen molar-refractivity contribution in [3.63, 3.8) is 0 Å². The Kier molecular flexibility index (Phi) is 21.0. The number of carbonyl (C=O) groups is 2. The topological polar surface area (TPSA) is 356 Å². The third-order valence-corrected chi connectivity index (χ3v) is 4.28. The van der Waals surface area contributed by atoms with Gasteiger partial charge in [-0.3, -0.25) is 0 Å². The summed E-state index contributed by atoms with van der Waals surface area (Å²) in [6.07, 6.45) is -7.09. The molecule has 0 fully saturated rings. The molecule has 2 rings (SSSR count). The Hall–Kier alpha value is 0.0187. The van der Waals surface area contributed by atoms with E-state index >= 15 is 0 Å². The molecular formula is C12H14Mg3O19P2. The molecule has 2 aliphatic rings. The van der Waals surface area contributed by atoms with E-state index in [-0.39, 0.29) is 74.6 Å². The molecule has 0 saturated heterocycles. The zero-order valence-electron chi connectivity index (χ0n) is 17.7. The van der Waals surface area contributed by atoms with Gasteiger partial charge in [-0.25, -0.2) is 9.59 Å². The summed E-state index contributed by atoms with van der Waals surface area (Å²) in [6, 6.07) is 0. The molecule has 0 aromatic rings. The molecule has 0 unspecified atom stereocenters. The summed E-state index contributed by atoms with van der Waals surface area (Å²) in [7, 11) is -10.6. The van der Waals surface area contributed by atoms with Gasteiger partial charge in [-0.2, -0.15) is 0 Å². The first kappa shape index (κ1) is 43.1. The van der Waals surface area contributed by atoms with Crippen LogP contribution in [0.5, 0.6) is 0 Å². The molecule has 36 heavy (non-hydrogen) atoms. The van der Waals surface area contributed by atoms with Crippen molar-refractivity contribution in [3.05, 3.63) is 23.0 Å². The van der Waals surface area contributed by atoms with E-state index in [1.165, 1.54) is 0 Å². The molecule has 0 bridgehead atoms. The van der Waals surface area contributed by atoms with E-state index in [1.54, 1.807) is 0 Å². The predicted octanol–water partition coefficient (Wildman–Crippen LogP) is -9.47. The van der Waals surface area contributed by atoms with Crippen LogP contribution >= 0.6 is 15.6 Å². The van der Waals surface area contributed by atoms with Gasteiger partial charge in [0.15, 0.2) is 12.2 Å². The van der Waals surface area contributed by atoms with E-state index in [4.69, 9.17) is 10.2 Å². The quantitative estimate of drug-likeness (QED) is 0.115. The summed E-state index contributed by atoms with van der Waals surface area (Å²) in [5.74, 6) is -7.56. The van der Waals surface area contributed by atoms with Crippen LogP contribution in [0.1, 0.15) is 0 Å². The van der Waals surface area contributed by atoms with Crippen LogP contribution in [0.15, 0.2) is 23.0 Å². The molecule has 0 saturated carbocycles. The molecule has 0 spiro atoms. The molecule has 24 heteroatoms. The second-order valence-corrected chi connectivity index (χ2v) is 8.01. The molecule has 2 heterocycles. The summed E-state index contributed by atoms with van der Waals surface area (Å²) < 4.78 is 35.9. The Balaban J connectivity index is -0.000000256. The van der Waals surface area contributed by atoms with E-state index in [2.05, 4.69) is 18.5 Å². The molecule has 0 amide bonds. The van der Waals surface area contributed by atoms with Crippen LogP contribution in [0.4, 0.5) is 0 Å². The first-order valence-electron chi connectivity index (χ1n) is 7.76. The molecule has 192 valence electrons. The molecule has 4 atom stereocenters. The van der Waals surface area contributed by atoms with Gasteiger partial charge in [0.1, 0.15) is 23.7 Å². The molecule has 0 radical (unpaired) electrons. The van der Waals surface area contributed by atoms with Crippen LogP contribution in [0, 0.1) is 0 Å². The average molecular weight is 597 g/mol. The second-order valence-electron chi connectivity index (χ2n) is 5.70. The maximum atomic E-state index is 10.7. The van der Waals surface area contributed by atoms with Gasteiger partial charge in [-0.05, 0) is 0 Å². The Labute approximate surface area is 248 Å². The van der Waals surface area contributed by atoms with Crippen molar-refractivity contribution in [2.24, 2.45) is 0 Å². The molecule has 0 aliphatic carbocycles. The van der Waals surface area contributed by atoms with Crippen LogP contribution < -0.4 is 29.8 Å². The van der Waals surface area contributed by atoms with Crippen molar-refractivity contribution >= 4 is 96.7 Å². The van der Waals surface area contributed by atoms with Gasteiger partial charge in [0.2, 0.25) is 0 Å². The third kappa shape index (κ3) is 13.7. The maximum Gasteiger partial charge on any atom is 2.00 e. The fourth-order valence-electron chi connectivity index (χ4n) is 1.95.